The lowest BCUT2D eigenvalue weighted by Gasteiger charge is -2.23. The predicted octanol–water partition coefficient (Wildman–Crippen LogP) is 4.61. The second kappa shape index (κ2) is 10.0. The summed E-state index contributed by atoms with van der Waals surface area (Å²) < 4.78 is 27.2. The van der Waals surface area contributed by atoms with Gasteiger partial charge in [-0.25, -0.2) is 8.42 Å². The molecule has 0 aliphatic rings. The maximum Gasteiger partial charge on any atom is 0.258 e. The van der Waals surface area contributed by atoms with Crippen LogP contribution in [-0.2, 0) is 16.6 Å². The number of sulfonamides is 1. The molecule has 0 bridgehead atoms. The number of halogens is 1. The fourth-order valence-corrected chi connectivity index (χ4v) is 4.84. The summed E-state index contributed by atoms with van der Waals surface area (Å²) in [5, 5.41) is 0.557. The Hall–Kier alpha value is -2.74. The molecule has 0 saturated heterocycles. The summed E-state index contributed by atoms with van der Waals surface area (Å²) in [5.74, 6) is -0.329. The van der Waals surface area contributed by atoms with Gasteiger partial charge in [0.25, 0.3) is 5.91 Å². The van der Waals surface area contributed by atoms with Crippen LogP contribution in [0.3, 0.4) is 0 Å². The standard InChI is InChI=1S/C23H24ClN3O3S/c1-3-26(4-2)31(29,30)22-10-7-8-18(16-22)23(28)27(17-20-9-5-6-15-25-20)21-13-11-19(24)12-14-21/h5-16H,3-4,17H2,1-2H3. The SMILES string of the molecule is CCN(CC)S(=O)(=O)c1cccc(C(=O)N(Cc2ccccn2)c2ccc(Cl)cc2)c1. The second-order valence-electron chi connectivity index (χ2n) is 6.81. The molecule has 2 aromatic carbocycles. The molecule has 0 spiro atoms. The zero-order chi connectivity index (χ0) is 22.4. The highest BCUT2D eigenvalue weighted by Crippen LogP contribution is 2.24. The van der Waals surface area contributed by atoms with Crippen LogP contribution in [0.4, 0.5) is 5.69 Å². The first-order valence-corrected chi connectivity index (χ1v) is 11.8. The lowest BCUT2D eigenvalue weighted by Crippen LogP contribution is -2.32. The Morgan fingerprint density at radius 3 is 2.29 bits per heavy atom. The van der Waals surface area contributed by atoms with Crippen molar-refractivity contribution in [3.8, 4) is 0 Å². The monoisotopic (exact) mass is 457 g/mol. The summed E-state index contributed by atoms with van der Waals surface area (Å²) in [7, 11) is -3.68. The van der Waals surface area contributed by atoms with E-state index in [2.05, 4.69) is 4.98 Å². The minimum absolute atomic E-state index is 0.0935. The molecule has 162 valence electrons. The van der Waals surface area contributed by atoms with E-state index in [1.807, 2.05) is 12.1 Å². The molecule has 0 aliphatic carbocycles. The molecular weight excluding hydrogens is 434 g/mol. The zero-order valence-corrected chi connectivity index (χ0v) is 19.0. The molecule has 8 heteroatoms. The van der Waals surface area contributed by atoms with E-state index in [0.717, 1.165) is 0 Å². The highest BCUT2D eigenvalue weighted by Gasteiger charge is 2.24. The highest BCUT2D eigenvalue weighted by molar-refractivity contribution is 7.89. The Bertz CT molecular complexity index is 1130. The molecular formula is C23H24ClN3O3S. The Morgan fingerprint density at radius 1 is 0.968 bits per heavy atom. The second-order valence-corrected chi connectivity index (χ2v) is 9.18. The van der Waals surface area contributed by atoms with E-state index < -0.39 is 10.0 Å². The fourth-order valence-electron chi connectivity index (χ4n) is 3.21. The fraction of sp³-hybridized carbons (Fsp3) is 0.217. The molecule has 0 fully saturated rings. The summed E-state index contributed by atoms with van der Waals surface area (Å²) in [6.07, 6.45) is 1.66. The number of rotatable bonds is 8. The van der Waals surface area contributed by atoms with Gasteiger partial charge in [0.15, 0.2) is 0 Å². The van der Waals surface area contributed by atoms with Gasteiger partial charge >= 0.3 is 0 Å². The number of amides is 1. The van der Waals surface area contributed by atoms with Crippen molar-refractivity contribution in [2.24, 2.45) is 0 Å². The van der Waals surface area contributed by atoms with Crippen molar-refractivity contribution >= 4 is 33.2 Å². The van der Waals surface area contributed by atoms with Gasteiger partial charge in [-0.1, -0.05) is 37.6 Å². The molecule has 0 unspecified atom stereocenters. The third-order valence-corrected chi connectivity index (χ3v) is 7.15. The minimum Gasteiger partial charge on any atom is -0.302 e. The average Bonchev–Trinajstić information content (AvgIpc) is 2.79. The molecule has 0 aliphatic heterocycles. The Balaban J connectivity index is 2.01. The number of carbonyl (C=O) groups is 1. The number of nitrogens with zero attached hydrogens (tertiary/aromatic N) is 3. The molecule has 0 N–H and O–H groups in total. The van der Waals surface area contributed by atoms with Crippen LogP contribution in [0.1, 0.15) is 29.9 Å². The molecule has 1 heterocycles. The van der Waals surface area contributed by atoms with Gasteiger partial charge in [-0.15, -0.1) is 0 Å². The van der Waals surface area contributed by atoms with Crippen molar-refractivity contribution in [1.82, 2.24) is 9.29 Å². The first kappa shape index (κ1) is 22.9. The lowest BCUT2D eigenvalue weighted by molar-refractivity contribution is 0.0984. The Morgan fingerprint density at radius 2 is 1.68 bits per heavy atom. The summed E-state index contributed by atoms with van der Waals surface area (Å²) >= 11 is 6.01. The van der Waals surface area contributed by atoms with Crippen LogP contribution in [0.5, 0.6) is 0 Å². The van der Waals surface area contributed by atoms with Gasteiger partial charge in [0.1, 0.15) is 0 Å². The largest absolute Gasteiger partial charge is 0.302 e. The van der Waals surface area contributed by atoms with E-state index in [-0.39, 0.29) is 22.9 Å². The number of anilines is 1. The van der Waals surface area contributed by atoms with Crippen LogP contribution in [-0.4, -0.2) is 36.7 Å². The van der Waals surface area contributed by atoms with Crippen LogP contribution < -0.4 is 4.90 Å². The van der Waals surface area contributed by atoms with Crippen molar-refractivity contribution in [2.75, 3.05) is 18.0 Å². The number of aromatic nitrogens is 1. The molecule has 0 saturated carbocycles. The number of benzene rings is 2. The Kier molecular flexibility index (Phi) is 7.43. The van der Waals surface area contributed by atoms with E-state index >= 15 is 0 Å². The van der Waals surface area contributed by atoms with Crippen molar-refractivity contribution < 1.29 is 13.2 Å². The van der Waals surface area contributed by atoms with Gasteiger partial charge in [-0.3, -0.25) is 9.78 Å². The maximum absolute atomic E-state index is 13.5. The summed E-state index contributed by atoms with van der Waals surface area (Å²) in [5.41, 5.74) is 1.62. The van der Waals surface area contributed by atoms with Crippen LogP contribution in [0.25, 0.3) is 0 Å². The van der Waals surface area contributed by atoms with Crippen molar-refractivity contribution in [2.45, 2.75) is 25.3 Å². The Labute approximate surface area is 188 Å². The van der Waals surface area contributed by atoms with E-state index in [1.54, 1.807) is 67.4 Å². The quantitative estimate of drug-likeness (QED) is 0.495. The van der Waals surface area contributed by atoms with Gasteiger partial charge in [0, 0.05) is 35.6 Å². The first-order chi connectivity index (χ1) is 14.9. The molecule has 6 nitrogen and oxygen atoms in total. The van der Waals surface area contributed by atoms with Crippen LogP contribution in [0.2, 0.25) is 5.02 Å². The van der Waals surface area contributed by atoms with Gasteiger partial charge < -0.3 is 4.90 Å². The van der Waals surface area contributed by atoms with Crippen molar-refractivity contribution in [1.29, 1.82) is 0 Å². The molecule has 1 amide bonds. The summed E-state index contributed by atoms with van der Waals surface area (Å²) in [6, 6.07) is 18.5. The highest BCUT2D eigenvalue weighted by atomic mass is 35.5. The van der Waals surface area contributed by atoms with Gasteiger partial charge in [0.2, 0.25) is 10.0 Å². The number of hydrogen-bond acceptors (Lipinski definition) is 4. The average molecular weight is 458 g/mol. The van der Waals surface area contributed by atoms with E-state index in [1.165, 1.54) is 16.4 Å². The molecule has 1 aromatic heterocycles. The first-order valence-electron chi connectivity index (χ1n) is 9.94. The third-order valence-electron chi connectivity index (χ3n) is 4.85. The molecule has 0 atom stereocenters. The van der Waals surface area contributed by atoms with Crippen LogP contribution in [0.15, 0.2) is 77.8 Å². The lowest BCUT2D eigenvalue weighted by atomic mass is 10.1. The molecule has 31 heavy (non-hydrogen) atoms. The van der Waals surface area contributed by atoms with Crippen molar-refractivity contribution in [3.05, 3.63) is 89.2 Å². The number of carbonyl (C=O) groups excluding carboxylic acids is 1. The topological polar surface area (TPSA) is 70.6 Å². The smallest absolute Gasteiger partial charge is 0.258 e. The van der Waals surface area contributed by atoms with Gasteiger partial charge in [-0.05, 0) is 54.6 Å². The van der Waals surface area contributed by atoms with Crippen LogP contribution in [0, 0.1) is 0 Å². The third kappa shape index (κ3) is 5.31. The number of hydrogen-bond donors (Lipinski definition) is 0. The number of pyridine rings is 1. The van der Waals surface area contributed by atoms with E-state index in [4.69, 9.17) is 11.6 Å². The van der Waals surface area contributed by atoms with Crippen molar-refractivity contribution in [3.63, 3.8) is 0 Å². The normalized spacial score (nSPS) is 11.5. The van der Waals surface area contributed by atoms with E-state index in [0.29, 0.717) is 29.5 Å². The molecule has 3 aromatic rings. The van der Waals surface area contributed by atoms with E-state index in [9.17, 15) is 13.2 Å². The minimum atomic E-state index is -3.68. The zero-order valence-electron chi connectivity index (χ0n) is 17.4. The van der Waals surface area contributed by atoms with Gasteiger partial charge in [-0.2, -0.15) is 4.31 Å². The molecule has 0 radical (unpaired) electrons. The molecule has 3 rings (SSSR count). The summed E-state index contributed by atoms with van der Waals surface area (Å²) in [4.78, 5) is 19.4. The predicted molar refractivity (Wildman–Crippen MR) is 123 cm³/mol. The summed E-state index contributed by atoms with van der Waals surface area (Å²) in [6.45, 7) is 4.51. The van der Waals surface area contributed by atoms with Gasteiger partial charge in [0.05, 0.1) is 17.1 Å². The van der Waals surface area contributed by atoms with Crippen LogP contribution >= 0.6 is 11.6 Å². The maximum atomic E-state index is 13.5.